The SMILES string of the molecule is Cn1c(N)nnc1SCc1ncc(C(C)(C)C)o1. The molecule has 2 N–H and O–H groups in total. The van der Waals surface area contributed by atoms with Crippen LogP contribution in [0.5, 0.6) is 0 Å². The van der Waals surface area contributed by atoms with Crippen LogP contribution in [0.25, 0.3) is 0 Å². The molecule has 0 saturated carbocycles. The monoisotopic (exact) mass is 267 g/mol. The van der Waals surface area contributed by atoms with Crippen molar-refractivity contribution in [3.8, 4) is 0 Å². The number of oxazole rings is 1. The lowest BCUT2D eigenvalue weighted by molar-refractivity contribution is 0.390. The third-order valence-corrected chi connectivity index (χ3v) is 3.49. The Morgan fingerprint density at radius 3 is 2.61 bits per heavy atom. The van der Waals surface area contributed by atoms with E-state index in [2.05, 4.69) is 36.0 Å². The van der Waals surface area contributed by atoms with Crippen molar-refractivity contribution in [1.82, 2.24) is 19.7 Å². The highest BCUT2D eigenvalue weighted by Crippen LogP contribution is 2.26. The highest BCUT2D eigenvalue weighted by Gasteiger charge is 2.19. The minimum absolute atomic E-state index is 0.0227. The van der Waals surface area contributed by atoms with Gasteiger partial charge in [-0.05, 0) is 0 Å². The van der Waals surface area contributed by atoms with Gasteiger partial charge in [0, 0.05) is 12.5 Å². The summed E-state index contributed by atoms with van der Waals surface area (Å²) in [6, 6.07) is 0. The molecule has 0 bridgehead atoms. The maximum atomic E-state index is 5.70. The predicted octanol–water partition coefficient (Wildman–Crippen LogP) is 1.98. The van der Waals surface area contributed by atoms with Crippen LogP contribution >= 0.6 is 11.8 Å². The molecule has 2 rings (SSSR count). The fraction of sp³-hybridized carbons (Fsp3) is 0.545. The van der Waals surface area contributed by atoms with E-state index < -0.39 is 0 Å². The van der Waals surface area contributed by atoms with E-state index >= 15 is 0 Å². The number of hydrogen-bond donors (Lipinski definition) is 1. The molecule has 2 aromatic heterocycles. The van der Waals surface area contributed by atoms with E-state index in [0.717, 1.165) is 10.9 Å². The summed E-state index contributed by atoms with van der Waals surface area (Å²) >= 11 is 1.50. The summed E-state index contributed by atoms with van der Waals surface area (Å²) in [7, 11) is 1.83. The third kappa shape index (κ3) is 2.66. The first-order valence-electron chi connectivity index (χ1n) is 5.61. The lowest BCUT2D eigenvalue weighted by atomic mass is 9.94. The summed E-state index contributed by atoms with van der Waals surface area (Å²) in [6.07, 6.45) is 1.78. The van der Waals surface area contributed by atoms with Gasteiger partial charge in [0.15, 0.2) is 5.16 Å². The third-order valence-electron chi connectivity index (χ3n) is 2.49. The highest BCUT2D eigenvalue weighted by molar-refractivity contribution is 7.98. The molecular formula is C11H17N5OS. The predicted molar refractivity (Wildman–Crippen MR) is 70.2 cm³/mol. The zero-order valence-corrected chi connectivity index (χ0v) is 11.8. The number of nitrogens with zero attached hydrogens (tertiary/aromatic N) is 4. The molecular weight excluding hydrogens is 250 g/mol. The molecule has 6 nitrogen and oxygen atoms in total. The summed E-state index contributed by atoms with van der Waals surface area (Å²) in [5.74, 6) is 2.59. The molecule has 0 aromatic carbocycles. The van der Waals surface area contributed by atoms with Crippen LogP contribution in [0.15, 0.2) is 15.8 Å². The van der Waals surface area contributed by atoms with Crippen molar-refractivity contribution in [2.45, 2.75) is 37.1 Å². The minimum Gasteiger partial charge on any atom is -0.444 e. The van der Waals surface area contributed by atoms with Crippen LogP contribution in [-0.4, -0.2) is 19.7 Å². The summed E-state index contributed by atoms with van der Waals surface area (Å²) in [5.41, 5.74) is 5.59. The van der Waals surface area contributed by atoms with Gasteiger partial charge in [0.2, 0.25) is 11.8 Å². The maximum absolute atomic E-state index is 5.70. The Morgan fingerprint density at radius 1 is 1.39 bits per heavy atom. The van der Waals surface area contributed by atoms with Gasteiger partial charge in [0.05, 0.1) is 11.9 Å². The second-order valence-electron chi connectivity index (χ2n) is 5.06. The van der Waals surface area contributed by atoms with Crippen LogP contribution in [0.4, 0.5) is 5.95 Å². The van der Waals surface area contributed by atoms with E-state index in [4.69, 9.17) is 10.2 Å². The van der Waals surface area contributed by atoms with Gasteiger partial charge in [-0.3, -0.25) is 4.57 Å². The first kappa shape index (κ1) is 12.9. The molecule has 0 spiro atoms. The molecule has 0 aliphatic rings. The van der Waals surface area contributed by atoms with Crippen molar-refractivity contribution in [2.24, 2.45) is 7.05 Å². The average molecular weight is 267 g/mol. The number of nitrogen functional groups attached to an aromatic ring is 1. The van der Waals surface area contributed by atoms with Crippen molar-refractivity contribution in [3.63, 3.8) is 0 Å². The van der Waals surface area contributed by atoms with Crippen LogP contribution in [0.3, 0.4) is 0 Å². The second-order valence-corrected chi connectivity index (χ2v) is 6.00. The largest absolute Gasteiger partial charge is 0.444 e. The number of rotatable bonds is 3. The standard InChI is InChI=1S/C11H17N5OS/c1-11(2,3)7-5-13-8(17-7)6-18-10-15-14-9(12)16(10)4/h5H,6H2,1-4H3,(H2,12,14). The Kier molecular flexibility index (Phi) is 3.34. The van der Waals surface area contributed by atoms with Crippen molar-refractivity contribution < 1.29 is 4.42 Å². The Morgan fingerprint density at radius 2 is 2.11 bits per heavy atom. The van der Waals surface area contributed by atoms with Crippen molar-refractivity contribution in [2.75, 3.05) is 5.73 Å². The summed E-state index contributed by atoms with van der Waals surface area (Å²) in [6.45, 7) is 6.27. The molecule has 18 heavy (non-hydrogen) atoms. The van der Waals surface area contributed by atoms with Gasteiger partial charge < -0.3 is 10.2 Å². The van der Waals surface area contributed by atoms with Gasteiger partial charge in [-0.1, -0.05) is 32.5 Å². The number of nitrogens with two attached hydrogens (primary N) is 1. The molecule has 0 fully saturated rings. The Balaban J connectivity index is 2.03. The number of anilines is 1. The Bertz CT molecular complexity index is 540. The Labute approximate surface area is 110 Å². The van der Waals surface area contributed by atoms with Crippen molar-refractivity contribution >= 4 is 17.7 Å². The Hall–Kier alpha value is -1.50. The first-order chi connectivity index (χ1) is 8.38. The van der Waals surface area contributed by atoms with Gasteiger partial charge in [-0.2, -0.15) is 0 Å². The fourth-order valence-corrected chi connectivity index (χ4v) is 2.07. The van der Waals surface area contributed by atoms with Gasteiger partial charge in [-0.25, -0.2) is 4.98 Å². The zero-order valence-electron chi connectivity index (χ0n) is 11.0. The van der Waals surface area contributed by atoms with E-state index in [-0.39, 0.29) is 5.41 Å². The lowest BCUT2D eigenvalue weighted by Crippen LogP contribution is -2.09. The van der Waals surface area contributed by atoms with Crippen LogP contribution in [0, 0.1) is 0 Å². The first-order valence-corrected chi connectivity index (χ1v) is 6.59. The summed E-state index contributed by atoms with van der Waals surface area (Å²) in [5, 5.41) is 8.51. The topological polar surface area (TPSA) is 82.8 Å². The quantitative estimate of drug-likeness (QED) is 0.856. The fourth-order valence-electron chi connectivity index (χ4n) is 1.30. The molecule has 2 heterocycles. The van der Waals surface area contributed by atoms with Crippen molar-refractivity contribution in [3.05, 3.63) is 17.8 Å². The molecule has 0 unspecified atom stereocenters. The minimum atomic E-state index is -0.0227. The molecule has 0 aliphatic carbocycles. The summed E-state index contributed by atoms with van der Waals surface area (Å²) < 4.78 is 7.43. The van der Waals surface area contributed by atoms with E-state index in [1.54, 1.807) is 10.8 Å². The molecule has 98 valence electrons. The highest BCUT2D eigenvalue weighted by atomic mass is 32.2. The number of aromatic nitrogens is 4. The smallest absolute Gasteiger partial charge is 0.222 e. The number of thioether (sulfide) groups is 1. The molecule has 0 amide bonds. The van der Waals surface area contributed by atoms with Gasteiger partial charge >= 0.3 is 0 Å². The molecule has 0 radical (unpaired) electrons. The molecule has 2 aromatic rings. The molecule has 7 heteroatoms. The zero-order chi connectivity index (χ0) is 13.3. The van der Waals surface area contributed by atoms with Crippen LogP contribution in [-0.2, 0) is 18.2 Å². The lowest BCUT2D eigenvalue weighted by Gasteiger charge is -2.12. The van der Waals surface area contributed by atoms with Crippen LogP contribution in [0.2, 0.25) is 0 Å². The van der Waals surface area contributed by atoms with Crippen molar-refractivity contribution in [1.29, 1.82) is 0 Å². The van der Waals surface area contributed by atoms with Gasteiger partial charge in [-0.15, -0.1) is 10.2 Å². The maximum Gasteiger partial charge on any atom is 0.222 e. The van der Waals surface area contributed by atoms with E-state index in [9.17, 15) is 0 Å². The van der Waals surface area contributed by atoms with Gasteiger partial charge in [0.1, 0.15) is 5.76 Å². The molecule has 0 atom stereocenters. The average Bonchev–Trinajstić information content (AvgIpc) is 2.86. The molecule has 0 aliphatic heterocycles. The van der Waals surface area contributed by atoms with E-state index in [0.29, 0.717) is 17.6 Å². The van der Waals surface area contributed by atoms with Gasteiger partial charge in [0.25, 0.3) is 0 Å². The molecule has 0 saturated heterocycles. The van der Waals surface area contributed by atoms with E-state index in [1.165, 1.54) is 11.8 Å². The van der Waals surface area contributed by atoms with Crippen LogP contribution < -0.4 is 5.73 Å². The number of hydrogen-bond acceptors (Lipinski definition) is 6. The summed E-state index contributed by atoms with van der Waals surface area (Å²) in [4.78, 5) is 4.26. The van der Waals surface area contributed by atoms with Crippen LogP contribution in [0.1, 0.15) is 32.4 Å². The van der Waals surface area contributed by atoms with E-state index in [1.807, 2.05) is 7.05 Å². The normalized spacial score (nSPS) is 12.0. The second kappa shape index (κ2) is 4.64.